The summed E-state index contributed by atoms with van der Waals surface area (Å²) < 4.78 is 27.8. The second-order valence-electron chi connectivity index (χ2n) is 5.63. The molecule has 0 aliphatic heterocycles. The molecule has 0 spiro atoms. The number of nitrogens with one attached hydrogen (secondary N) is 1. The lowest BCUT2D eigenvalue weighted by Gasteiger charge is -2.23. The van der Waals surface area contributed by atoms with Crippen LogP contribution in [-0.4, -0.2) is 20.4 Å². The van der Waals surface area contributed by atoms with Crippen molar-refractivity contribution in [1.29, 1.82) is 0 Å². The van der Waals surface area contributed by atoms with Gasteiger partial charge in [-0.2, -0.15) is 0 Å². The number of rotatable bonds is 5. The summed E-state index contributed by atoms with van der Waals surface area (Å²) >= 11 is 1.29. The van der Waals surface area contributed by atoms with Crippen molar-refractivity contribution < 1.29 is 13.2 Å². The Bertz CT molecular complexity index is 821. The zero-order chi connectivity index (χ0) is 16.6. The van der Waals surface area contributed by atoms with Crippen molar-refractivity contribution in [1.82, 2.24) is 0 Å². The number of aryl methyl sites for hydroxylation is 1. The maximum atomic E-state index is 13.0. The molecule has 2 aromatic rings. The van der Waals surface area contributed by atoms with Crippen LogP contribution in [0.5, 0.6) is 0 Å². The minimum absolute atomic E-state index is 0.0222. The summed E-state index contributed by atoms with van der Waals surface area (Å²) in [5.41, 5.74) is 1.29. The number of hydrogen-bond donors (Lipinski definition) is 1. The molecule has 1 N–H and O–H groups in total. The molecule has 0 bridgehead atoms. The standard InChI is InChI=1S/C16H18N2O3S2/c1-11-3-10-16(22-11)23(20,21)18(15-8-9-15)14-6-4-13(5-7-14)17-12(2)19/h3-7,10,15H,8-9H2,1-2H3,(H,17,19). The zero-order valence-electron chi connectivity index (χ0n) is 12.9. The third-order valence-corrected chi connectivity index (χ3v) is 6.90. The Morgan fingerprint density at radius 1 is 1.17 bits per heavy atom. The lowest BCUT2D eigenvalue weighted by Crippen LogP contribution is -2.32. The molecular weight excluding hydrogens is 332 g/mol. The molecule has 1 aliphatic rings. The van der Waals surface area contributed by atoms with Gasteiger partial charge in [-0.1, -0.05) is 0 Å². The van der Waals surface area contributed by atoms with E-state index < -0.39 is 10.0 Å². The normalized spacial score (nSPS) is 14.5. The number of thiophene rings is 1. The molecule has 1 aromatic carbocycles. The minimum Gasteiger partial charge on any atom is -0.326 e. The van der Waals surface area contributed by atoms with Crippen LogP contribution in [0.3, 0.4) is 0 Å². The summed E-state index contributed by atoms with van der Waals surface area (Å²) in [6.07, 6.45) is 1.74. The second-order valence-corrected chi connectivity index (χ2v) is 8.95. The lowest BCUT2D eigenvalue weighted by molar-refractivity contribution is -0.114. The van der Waals surface area contributed by atoms with E-state index in [9.17, 15) is 13.2 Å². The van der Waals surface area contributed by atoms with Crippen LogP contribution >= 0.6 is 11.3 Å². The Balaban J connectivity index is 1.94. The second kappa shape index (κ2) is 5.98. The van der Waals surface area contributed by atoms with Gasteiger partial charge in [-0.15, -0.1) is 11.3 Å². The average Bonchev–Trinajstić information content (AvgIpc) is 3.19. The van der Waals surface area contributed by atoms with E-state index in [1.54, 1.807) is 30.3 Å². The molecule has 1 aromatic heterocycles. The van der Waals surface area contributed by atoms with Crippen molar-refractivity contribution in [2.24, 2.45) is 0 Å². The van der Waals surface area contributed by atoms with Gasteiger partial charge in [0.2, 0.25) is 5.91 Å². The van der Waals surface area contributed by atoms with Crippen LogP contribution in [0.2, 0.25) is 0 Å². The lowest BCUT2D eigenvalue weighted by atomic mass is 10.2. The summed E-state index contributed by atoms with van der Waals surface area (Å²) in [6.45, 7) is 3.33. The zero-order valence-corrected chi connectivity index (χ0v) is 14.6. The highest BCUT2D eigenvalue weighted by Crippen LogP contribution is 2.38. The Labute approximate surface area is 140 Å². The molecule has 3 rings (SSSR count). The van der Waals surface area contributed by atoms with E-state index in [-0.39, 0.29) is 11.9 Å². The third-order valence-electron chi connectivity index (χ3n) is 3.55. The van der Waals surface area contributed by atoms with Crippen molar-refractivity contribution >= 4 is 38.6 Å². The molecule has 0 atom stereocenters. The minimum atomic E-state index is -3.54. The van der Waals surface area contributed by atoms with E-state index in [0.717, 1.165) is 17.7 Å². The van der Waals surface area contributed by atoms with E-state index >= 15 is 0 Å². The molecule has 122 valence electrons. The van der Waals surface area contributed by atoms with Gasteiger partial charge < -0.3 is 5.32 Å². The van der Waals surface area contributed by atoms with E-state index in [0.29, 0.717) is 15.6 Å². The van der Waals surface area contributed by atoms with Crippen LogP contribution < -0.4 is 9.62 Å². The van der Waals surface area contributed by atoms with E-state index in [1.807, 2.05) is 13.0 Å². The first kappa shape index (κ1) is 16.0. The number of carbonyl (C=O) groups is 1. The van der Waals surface area contributed by atoms with Crippen LogP contribution in [-0.2, 0) is 14.8 Å². The van der Waals surface area contributed by atoms with Gasteiger partial charge in [-0.25, -0.2) is 8.42 Å². The fourth-order valence-corrected chi connectivity index (χ4v) is 5.48. The number of sulfonamides is 1. The van der Waals surface area contributed by atoms with Crippen LogP contribution in [0.25, 0.3) is 0 Å². The van der Waals surface area contributed by atoms with E-state index in [4.69, 9.17) is 0 Å². The third kappa shape index (κ3) is 3.40. The first-order chi connectivity index (χ1) is 10.9. The molecule has 0 saturated heterocycles. The summed E-state index contributed by atoms with van der Waals surface area (Å²) in [5.74, 6) is -0.154. The Hall–Kier alpha value is -1.86. The fraction of sp³-hybridized carbons (Fsp3) is 0.312. The number of benzene rings is 1. The van der Waals surface area contributed by atoms with Crippen LogP contribution in [0.1, 0.15) is 24.6 Å². The SMILES string of the molecule is CC(=O)Nc1ccc(N(C2CC2)S(=O)(=O)c2ccc(C)s2)cc1. The Morgan fingerprint density at radius 2 is 1.83 bits per heavy atom. The van der Waals surface area contributed by atoms with Gasteiger partial charge in [-0.3, -0.25) is 9.10 Å². The summed E-state index contributed by atoms with van der Waals surface area (Å²) in [5, 5.41) is 2.68. The fourth-order valence-electron chi connectivity index (χ4n) is 2.40. The van der Waals surface area contributed by atoms with Gasteiger partial charge in [0.1, 0.15) is 4.21 Å². The van der Waals surface area contributed by atoms with Gasteiger partial charge in [0.05, 0.1) is 5.69 Å². The van der Waals surface area contributed by atoms with Crippen LogP contribution in [0.4, 0.5) is 11.4 Å². The average molecular weight is 350 g/mol. The van der Waals surface area contributed by atoms with Gasteiger partial charge in [0.15, 0.2) is 0 Å². The summed E-state index contributed by atoms with van der Waals surface area (Å²) in [4.78, 5) is 12.1. The molecule has 1 aliphatic carbocycles. The quantitative estimate of drug-likeness (QED) is 0.899. The van der Waals surface area contributed by atoms with Crippen molar-refractivity contribution in [2.75, 3.05) is 9.62 Å². The molecule has 23 heavy (non-hydrogen) atoms. The monoisotopic (exact) mass is 350 g/mol. The van der Waals surface area contributed by atoms with Crippen LogP contribution in [0, 0.1) is 6.92 Å². The highest BCUT2D eigenvalue weighted by atomic mass is 32.2. The maximum Gasteiger partial charge on any atom is 0.274 e. The topological polar surface area (TPSA) is 66.5 Å². The molecule has 1 amide bonds. The van der Waals surface area contributed by atoms with Gasteiger partial charge in [-0.05, 0) is 56.2 Å². The molecule has 1 saturated carbocycles. The molecule has 0 radical (unpaired) electrons. The molecule has 0 unspecified atom stereocenters. The van der Waals surface area contributed by atoms with Crippen LogP contribution in [0.15, 0.2) is 40.6 Å². The van der Waals surface area contributed by atoms with Crippen molar-refractivity contribution in [2.45, 2.75) is 36.9 Å². The number of amides is 1. The van der Waals surface area contributed by atoms with Gasteiger partial charge in [0, 0.05) is 23.5 Å². The first-order valence-electron chi connectivity index (χ1n) is 7.36. The Morgan fingerprint density at radius 3 is 2.30 bits per heavy atom. The molecule has 5 nitrogen and oxygen atoms in total. The number of nitrogens with zero attached hydrogens (tertiary/aromatic N) is 1. The number of carbonyl (C=O) groups excluding carboxylic acids is 1. The summed E-state index contributed by atoms with van der Waals surface area (Å²) in [6, 6.07) is 10.4. The smallest absolute Gasteiger partial charge is 0.274 e. The summed E-state index contributed by atoms with van der Waals surface area (Å²) in [7, 11) is -3.54. The largest absolute Gasteiger partial charge is 0.326 e. The highest BCUT2D eigenvalue weighted by Gasteiger charge is 2.38. The maximum absolute atomic E-state index is 13.0. The predicted octanol–water partition coefficient (Wildman–Crippen LogP) is 3.37. The first-order valence-corrected chi connectivity index (χ1v) is 9.62. The van der Waals surface area contributed by atoms with E-state index in [2.05, 4.69) is 5.32 Å². The molecular formula is C16H18N2O3S2. The molecule has 1 fully saturated rings. The predicted molar refractivity (Wildman–Crippen MR) is 92.5 cm³/mol. The van der Waals surface area contributed by atoms with Crippen molar-refractivity contribution in [3.8, 4) is 0 Å². The highest BCUT2D eigenvalue weighted by molar-refractivity contribution is 7.94. The number of hydrogen-bond acceptors (Lipinski definition) is 4. The van der Waals surface area contributed by atoms with Gasteiger partial charge in [0.25, 0.3) is 10.0 Å². The van der Waals surface area contributed by atoms with Gasteiger partial charge >= 0.3 is 0 Å². The van der Waals surface area contributed by atoms with Crippen molar-refractivity contribution in [3.63, 3.8) is 0 Å². The molecule has 7 heteroatoms. The van der Waals surface area contributed by atoms with Crippen molar-refractivity contribution in [3.05, 3.63) is 41.3 Å². The number of anilines is 2. The molecule has 1 heterocycles. The Kier molecular flexibility index (Phi) is 4.16. The van der Waals surface area contributed by atoms with E-state index in [1.165, 1.54) is 22.6 Å².